The van der Waals surface area contributed by atoms with Gasteiger partial charge < -0.3 is 20.4 Å². The molecule has 0 saturated heterocycles. The summed E-state index contributed by atoms with van der Waals surface area (Å²) in [4.78, 5) is 40.1. The number of carboxylic acid groups (broad SMARTS) is 1. The van der Waals surface area contributed by atoms with Crippen LogP contribution in [0.5, 0.6) is 0 Å². The number of rotatable bonds is 4. The standard InChI is InChI=1S/C16H13N3O4/c20-14(9-4-2-1-3-5-9)19-13(15(21)22)10-6-7-11-12(8-10)18-16(23)17-11/h1-8,13H,(H,19,20)(H,21,22)(H2,17,18,23). The lowest BCUT2D eigenvalue weighted by Gasteiger charge is -2.15. The van der Waals surface area contributed by atoms with E-state index in [2.05, 4.69) is 15.3 Å². The summed E-state index contributed by atoms with van der Waals surface area (Å²) in [6.07, 6.45) is 0. The van der Waals surface area contributed by atoms with E-state index in [0.29, 0.717) is 22.2 Å². The Bertz CT molecular complexity index is 927. The Hall–Kier alpha value is -3.35. The van der Waals surface area contributed by atoms with Crippen molar-refractivity contribution in [3.05, 3.63) is 70.1 Å². The van der Waals surface area contributed by atoms with Gasteiger partial charge in [0.15, 0.2) is 6.04 Å². The maximum absolute atomic E-state index is 12.2. The average Bonchev–Trinajstić information content (AvgIpc) is 2.92. The van der Waals surface area contributed by atoms with E-state index >= 15 is 0 Å². The smallest absolute Gasteiger partial charge is 0.330 e. The van der Waals surface area contributed by atoms with Gasteiger partial charge in [0.1, 0.15) is 0 Å². The van der Waals surface area contributed by atoms with Gasteiger partial charge in [-0.1, -0.05) is 24.3 Å². The summed E-state index contributed by atoms with van der Waals surface area (Å²) in [6, 6.07) is 11.8. The van der Waals surface area contributed by atoms with Crippen LogP contribution >= 0.6 is 0 Å². The molecule has 0 aliphatic carbocycles. The van der Waals surface area contributed by atoms with Crippen LogP contribution in [0.1, 0.15) is 22.0 Å². The Kier molecular flexibility index (Phi) is 3.68. The normalized spacial score (nSPS) is 12.0. The van der Waals surface area contributed by atoms with Crippen LogP contribution in [0, 0.1) is 0 Å². The van der Waals surface area contributed by atoms with Crippen molar-refractivity contribution in [3.63, 3.8) is 0 Å². The van der Waals surface area contributed by atoms with Crippen LogP contribution in [0.15, 0.2) is 53.3 Å². The van der Waals surface area contributed by atoms with Crippen molar-refractivity contribution >= 4 is 22.9 Å². The number of amides is 1. The molecule has 3 aromatic rings. The van der Waals surface area contributed by atoms with Gasteiger partial charge in [-0.05, 0) is 29.8 Å². The Labute approximate surface area is 130 Å². The molecule has 1 atom stereocenters. The molecule has 1 unspecified atom stereocenters. The first-order valence-corrected chi connectivity index (χ1v) is 6.85. The number of nitrogens with one attached hydrogen (secondary N) is 3. The lowest BCUT2D eigenvalue weighted by atomic mass is 10.1. The third-order valence-corrected chi connectivity index (χ3v) is 3.43. The molecule has 0 fully saturated rings. The summed E-state index contributed by atoms with van der Waals surface area (Å²) in [5, 5.41) is 11.9. The van der Waals surface area contributed by atoms with Crippen LogP contribution in [0.25, 0.3) is 11.0 Å². The molecule has 3 rings (SSSR count). The maximum atomic E-state index is 12.2. The first-order valence-electron chi connectivity index (χ1n) is 6.85. The van der Waals surface area contributed by atoms with Crippen molar-refractivity contribution in [1.82, 2.24) is 15.3 Å². The fourth-order valence-electron chi connectivity index (χ4n) is 2.32. The zero-order chi connectivity index (χ0) is 16.4. The Balaban J connectivity index is 1.92. The molecule has 0 bridgehead atoms. The molecule has 0 spiro atoms. The third kappa shape index (κ3) is 2.98. The van der Waals surface area contributed by atoms with Crippen LogP contribution < -0.4 is 11.0 Å². The van der Waals surface area contributed by atoms with Gasteiger partial charge in [-0.3, -0.25) is 4.79 Å². The van der Waals surface area contributed by atoms with E-state index in [-0.39, 0.29) is 5.69 Å². The minimum Gasteiger partial charge on any atom is -0.479 e. The highest BCUT2D eigenvalue weighted by atomic mass is 16.4. The summed E-state index contributed by atoms with van der Waals surface area (Å²) < 4.78 is 0. The number of hydrogen-bond acceptors (Lipinski definition) is 3. The van der Waals surface area contributed by atoms with Gasteiger partial charge in [-0.15, -0.1) is 0 Å². The summed E-state index contributed by atoms with van der Waals surface area (Å²) in [5.74, 6) is -1.67. The van der Waals surface area contributed by atoms with Crippen LogP contribution in [0.4, 0.5) is 0 Å². The number of aromatic nitrogens is 2. The first-order chi connectivity index (χ1) is 11.0. The van der Waals surface area contributed by atoms with Gasteiger partial charge in [0, 0.05) is 5.56 Å². The number of carboxylic acids is 1. The highest BCUT2D eigenvalue weighted by Crippen LogP contribution is 2.18. The number of imidazole rings is 1. The van der Waals surface area contributed by atoms with Gasteiger partial charge in [0.25, 0.3) is 5.91 Å². The third-order valence-electron chi connectivity index (χ3n) is 3.43. The quantitative estimate of drug-likeness (QED) is 0.583. The van der Waals surface area contributed by atoms with Crippen molar-refractivity contribution in [2.45, 2.75) is 6.04 Å². The SMILES string of the molecule is O=C(NC(C(=O)O)c1ccc2[nH]c(=O)[nH]c2c1)c1ccccc1. The second-order valence-corrected chi connectivity index (χ2v) is 4.99. The highest BCUT2D eigenvalue weighted by molar-refractivity contribution is 5.97. The molecule has 2 aromatic carbocycles. The first kappa shape index (κ1) is 14.6. The molecule has 0 aliphatic heterocycles. The van der Waals surface area contributed by atoms with Crippen molar-refractivity contribution in [3.8, 4) is 0 Å². The number of H-pyrrole nitrogens is 2. The number of fused-ring (bicyclic) bond motifs is 1. The molecule has 1 amide bonds. The van der Waals surface area contributed by atoms with E-state index in [9.17, 15) is 19.5 Å². The summed E-state index contributed by atoms with van der Waals surface area (Å²) in [6.45, 7) is 0. The lowest BCUT2D eigenvalue weighted by molar-refractivity contribution is -0.139. The second-order valence-electron chi connectivity index (χ2n) is 4.99. The van der Waals surface area contributed by atoms with Crippen molar-refractivity contribution in [2.75, 3.05) is 0 Å². The monoisotopic (exact) mass is 311 g/mol. The van der Waals surface area contributed by atoms with E-state index in [0.717, 1.165) is 0 Å². The van der Waals surface area contributed by atoms with Crippen molar-refractivity contribution in [1.29, 1.82) is 0 Å². The largest absolute Gasteiger partial charge is 0.479 e. The molecule has 7 nitrogen and oxygen atoms in total. The zero-order valence-corrected chi connectivity index (χ0v) is 11.9. The molecule has 0 saturated carbocycles. The summed E-state index contributed by atoms with van der Waals surface area (Å²) >= 11 is 0. The maximum Gasteiger partial charge on any atom is 0.330 e. The predicted octanol–water partition coefficient (Wildman–Crippen LogP) is 1.41. The molecule has 1 heterocycles. The number of benzene rings is 2. The van der Waals surface area contributed by atoms with Crippen molar-refractivity contribution in [2.24, 2.45) is 0 Å². The average molecular weight is 311 g/mol. The number of hydrogen-bond donors (Lipinski definition) is 4. The summed E-state index contributed by atoms with van der Waals surface area (Å²) in [7, 11) is 0. The topological polar surface area (TPSA) is 115 Å². The molecule has 23 heavy (non-hydrogen) atoms. The van der Waals surface area contributed by atoms with Gasteiger partial charge in [0.2, 0.25) is 0 Å². The Morgan fingerprint density at radius 2 is 1.70 bits per heavy atom. The van der Waals surface area contributed by atoms with E-state index in [4.69, 9.17) is 0 Å². The van der Waals surface area contributed by atoms with Gasteiger partial charge >= 0.3 is 11.7 Å². The molecule has 116 valence electrons. The lowest BCUT2D eigenvalue weighted by Crippen LogP contribution is -2.33. The van der Waals surface area contributed by atoms with Gasteiger partial charge in [-0.2, -0.15) is 0 Å². The van der Waals surface area contributed by atoms with Crippen LogP contribution in [0.3, 0.4) is 0 Å². The van der Waals surface area contributed by atoms with Crippen LogP contribution in [-0.4, -0.2) is 27.0 Å². The van der Waals surface area contributed by atoms with Gasteiger partial charge in [0.05, 0.1) is 11.0 Å². The minimum absolute atomic E-state index is 0.365. The molecular weight excluding hydrogens is 298 g/mol. The molecule has 7 heteroatoms. The van der Waals surface area contributed by atoms with E-state index in [1.165, 1.54) is 6.07 Å². The second kappa shape index (κ2) is 5.80. The number of aliphatic carboxylic acids is 1. The number of carbonyl (C=O) groups is 2. The van der Waals surface area contributed by atoms with Gasteiger partial charge in [-0.25, -0.2) is 9.59 Å². The van der Waals surface area contributed by atoms with E-state index < -0.39 is 17.9 Å². The van der Waals surface area contributed by atoms with Crippen molar-refractivity contribution < 1.29 is 14.7 Å². The minimum atomic E-state index is -1.22. The predicted molar refractivity (Wildman–Crippen MR) is 83.2 cm³/mol. The molecular formula is C16H13N3O4. The number of aromatic amines is 2. The Morgan fingerprint density at radius 3 is 2.39 bits per heavy atom. The van der Waals surface area contributed by atoms with Crippen LogP contribution in [0.2, 0.25) is 0 Å². The fourth-order valence-corrected chi connectivity index (χ4v) is 2.32. The highest BCUT2D eigenvalue weighted by Gasteiger charge is 2.23. The fraction of sp³-hybridized carbons (Fsp3) is 0.0625. The molecule has 0 radical (unpaired) electrons. The molecule has 1 aromatic heterocycles. The Morgan fingerprint density at radius 1 is 1.00 bits per heavy atom. The molecule has 0 aliphatic rings. The van der Waals surface area contributed by atoms with E-state index in [1.54, 1.807) is 42.5 Å². The summed E-state index contributed by atoms with van der Waals surface area (Å²) in [5.41, 5.74) is 1.40. The van der Waals surface area contributed by atoms with Crippen LogP contribution in [-0.2, 0) is 4.79 Å². The molecule has 4 N–H and O–H groups in total. The van der Waals surface area contributed by atoms with E-state index in [1.807, 2.05) is 0 Å². The number of carbonyl (C=O) groups excluding carboxylic acids is 1. The zero-order valence-electron chi connectivity index (χ0n) is 11.9.